The largest absolute Gasteiger partial charge is 0.490 e. The fraction of sp³-hybridized carbons (Fsp3) is 0.323. The van der Waals surface area contributed by atoms with Crippen molar-refractivity contribution in [2.75, 3.05) is 26.3 Å². The van der Waals surface area contributed by atoms with Crippen LogP contribution >= 0.6 is 34.8 Å². The lowest BCUT2D eigenvalue weighted by molar-refractivity contribution is -0.132. The topological polar surface area (TPSA) is 79.8 Å². The van der Waals surface area contributed by atoms with Gasteiger partial charge in [-0.1, -0.05) is 65.1 Å². The second-order valence-corrected chi connectivity index (χ2v) is 10.9. The standard InChI is InChI=1S/C21H21Cl2NO4.C10H12ClN/c1-13-10-18(22)20(19(23)11-13)28-9-8-27-15-4-2-14(3-5-15)16-6-7-24-12-17(16)21(25)26;11-10-4-2-1-3-8(10)7-12-9-5-6-9/h2-5,10-11,24H,6-9,12H2,1H3,(H,25,26);1-4,9,12H,5-7H2. The number of aryl methyl sites for hydroxylation is 1. The number of nitrogens with one attached hydrogen (secondary N) is 2. The van der Waals surface area contributed by atoms with Gasteiger partial charge in [-0.05, 0) is 85.3 Å². The van der Waals surface area contributed by atoms with Crippen LogP contribution in [0.25, 0.3) is 5.57 Å². The lowest BCUT2D eigenvalue weighted by atomic mass is 9.94. The minimum atomic E-state index is -0.881. The van der Waals surface area contributed by atoms with Crippen LogP contribution in [0.4, 0.5) is 0 Å². The van der Waals surface area contributed by atoms with E-state index in [1.807, 2.05) is 49.4 Å². The third-order valence-electron chi connectivity index (χ3n) is 6.54. The van der Waals surface area contributed by atoms with Crippen molar-refractivity contribution in [2.45, 2.75) is 38.8 Å². The lowest BCUT2D eigenvalue weighted by Gasteiger charge is -2.19. The van der Waals surface area contributed by atoms with Crippen LogP contribution in [0.3, 0.4) is 0 Å². The first-order chi connectivity index (χ1) is 19.3. The summed E-state index contributed by atoms with van der Waals surface area (Å²) in [4.78, 5) is 11.4. The van der Waals surface area contributed by atoms with Crippen molar-refractivity contribution < 1.29 is 19.4 Å². The van der Waals surface area contributed by atoms with Gasteiger partial charge in [0, 0.05) is 24.2 Å². The molecule has 1 fully saturated rings. The minimum Gasteiger partial charge on any atom is -0.490 e. The zero-order valence-electron chi connectivity index (χ0n) is 22.3. The Morgan fingerprint density at radius 1 is 0.975 bits per heavy atom. The molecular formula is C31H33Cl3N2O4. The summed E-state index contributed by atoms with van der Waals surface area (Å²) in [6.45, 7) is 4.59. The Balaban J connectivity index is 0.000000255. The Labute approximate surface area is 250 Å². The second kappa shape index (κ2) is 14.8. The Morgan fingerprint density at radius 3 is 2.30 bits per heavy atom. The lowest BCUT2D eigenvalue weighted by Crippen LogP contribution is -2.28. The second-order valence-electron chi connectivity index (χ2n) is 9.71. The van der Waals surface area contributed by atoms with Crippen LogP contribution in [0, 0.1) is 6.92 Å². The summed E-state index contributed by atoms with van der Waals surface area (Å²) in [6.07, 6.45) is 3.34. The van der Waals surface area contributed by atoms with Crippen molar-refractivity contribution in [1.29, 1.82) is 0 Å². The maximum absolute atomic E-state index is 11.4. The molecule has 0 saturated heterocycles. The molecule has 212 valence electrons. The number of rotatable bonds is 10. The van der Waals surface area contributed by atoms with Crippen molar-refractivity contribution in [3.63, 3.8) is 0 Å². The van der Waals surface area contributed by atoms with E-state index < -0.39 is 5.97 Å². The van der Waals surface area contributed by atoms with Gasteiger partial charge < -0.3 is 25.2 Å². The molecule has 0 bridgehead atoms. The van der Waals surface area contributed by atoms with E-state index in [1.165, 1.54) is 18.4 Å². The Kier molecular flexibility index (Phi) is 11.2. The molecule has 3 aromatic carbocycles. The third kappa shape index (κ3) is 8.88. The van der Waals surface area contributed by atoms with Crippen LogP contribution in [-0.2, 0) is 11.3 Å². The normalized spacial score (nSPS) is 14.8. The first-order valence-corrected chi connectivity index (χ1v) is 14.4. The molecule has 0 unspecified atom stereocenters. The number of carbonyl (C=O) groups is 1. The predicted molar refractivity (Wildman–Crippen MR) is 162 cm³/mol. The van der Waals surface area contributed by atoms with Gasteiger partial charge in [0.05, 0.1) is 15.6 Å². The van der Waals surface area contributed by atoms with E-state index >= 15 is 0 Å². The number of halogens is 3. The number of aliphatic carboxylic acids is 1. The van der Waals surface area contributed by atoms with Crippen LogP contribution in [0.15, 0.2) is 66.2 Å². The van der Waals surface area contributed by atoms with Crippen molar-refractivity contribution in [3.05, 3.63) is 98.0 Å². The van der Waals surface area contributed by atoms with Gasteiger partial charge in [0.2, 0.25) is 0 Å². The van der Waals surface area contributed by atoms with Gasteiger partial charge in [0.15, 0.2) is 5.75 Å². The van der Waals surface area contributed by atoms with Gasteiger partial charge in [0.1, 0.15) is 19.0 Å². The van der Waals surface area contributed by atoms with E-state index in [9.17, 15) is 9.90 Å². The van der Waals surface area contributed by atoms with Crippen LogP contribution in [0.2, 0.25) is 15.1 Å². The van der Waals surface area contributed by atoms with Crippen LogP contribution < -0.4 is 20.1 Å². The first-order valence-electron chi connectivity index (χ1n) is 13.3. The summed E-state index contributed by atoms with van der Waals surface area (Å²) in [6, 6.07) is 19.8. The fourth-order valence-electron chi connectivity index (χ4n) is 4.27. The molecule has 1 saturated carbocycles. The van der Waals surface area contributed by atoms with Gasteiger partial charge in [-0.25, -0.2) is 4.79 Å². The maximum atomic E-state index is 11.4. The van der Waals surface area contributed by atoms with E-state index in [2.05, 4.69) is 16.7 Å². The molecule has 1 heterocycles. The Bertz CT molecular complexity index is 1320. The highest BCUT2D eigenvalue weighted by Gasteiger charge is 2.20. The minimum absolute atomic E-state index is 0.296. The molecule has 3 aromatic rings. The van der Waals surface area contributed by atoms with E-state index in [-0.39, 0.29) is 0 Å². The molecule has 5 rings (SSSR count). The van der Waals surface area contributed by atoms with Crippen LogP contribution in [0.5, 0.6) is 11.5 Å². The number of carboxylic acids is 1. The summed E-state index contributed by atoms with van der Waals surface area (Å²) in [5, 5.41) is 17.7. The molecule has 0 amide bonds. The third-order valence-corrected chi connectivity index (χ3v) is 7.47. The van der Waals surface area contributed by atoms with Crippen LogP contribution in [-0.4, -0.2) is 43.4 Å². The number of carboxylic acid groups (broad SMARTS) is 1. The Morgan fingerprint density at radius 2 is 1.65 bits per heavy atom. The average Bonchev–Trinajstić information content (AvgIpc) is 3.77. The monoisotopic (exact) mass is 602 g/mol. The van der Waals surface area contributed by atoms with E-state index in [4.69, 9.17) is 44.3 Å². The summed E-state index contributed by atoms with van der Waals surface area (Å²) in [5.74, 6) is 0.250. The highest BCUT2D eigenvalue weighted by atomic mass is 35.5. The molecule has 1 aliphatic heterocycles. The molecule has 9 heteroatoms. The number of benzene rings is 3. The van der Waals surface area contributed by atoms with E-state index in [0.29, 0.717) is 53.3 Å². The SMILES string of the molecule is Cc1cc(Cl)c(OCCOc2ccc(C3=C(C(=O)O)CNCC3)cc2)c(Cl)c1.Clc1ccccc1CNC1CC1. The van der Waals surface area contributed by atoms with E-state index in [1.54, 1.807) is 12.1 Å². The number of ether oxygens (including phenoxy) is 2. The molecule has 40 heavy (non-hydrogen) atoms. The molecule has 0 spiro atoms. The van der Waals surface area contributed by atoms with Gasteiger partial charge >= 0.3 is 5.97 Å². The predicted octanol–water partition coefficient (Wildman–Crippen LogP) is 7.18. The summed E-state index contributed by atoms with van der Waals surface area (Å²) in [5.41, 5.74) is 4.35. The zero-order chi connectivity index (χ0) is 28.5. The maximum Gasteiger partial charge on any atom is 0.333 e. The Hall–Kier alpha value is -2.74. The molecule has 1 aliphatic carbocycles. The number of hydrogen-bond donors (Lipinski definition) is 3. The van der Waals surface area contributed by atoms with Crippen molar-refractivity contribution in [3.8, 4) is 11.5 Å². The summed E-state index contributed by atoms with van der Waals surface area (Å²) in [7, 11) is 0. The fourth-order valence-corrected chi connectivity index (χ4v) is 5.18. The molecule has 3 N–H and O–H groups in total. The van der Waals surface area contributed by atoms with Gasteiger partial charge in [-0.3, -0.25) is 0 Å². The van der Waals surface area contributed by atoms with Crippen LogP contribution in [0.1, 0.15) is 36.0 Å². The van der Waals surface area contributed by atoms with Gasteiger partial charge in [0.25, 0.3) is 0 Å². The highest BCUT2D eigenvalue weighted by Crippen LogP contribution is 2.34. The molecule has 6 nitrogen and oxygen atoms in total. The van der Waals surface area contributed by atoms with E-state index in [0.717, 1.165) is 40.9 Å². The number of hydrogen-bond acceptors (Lipinski definition) is 5. The zero-order valence-corrected chi connectivity index (χ0v) is 24.6. The molecule has 0 radical (unpaired) electrons. The van der Waals surface area contributed by atoms with Crippen molar-refractivity contribution >= 4 is 46.3 Å². The van der Waals surface area contributed by atoms with Crippen molar-refractivity contribution in [1.82, 2.24) is 10.6 Å². The first kappa shape index (κ1) is 30.2. The van der Waals surface area contributed by atoms with Crippen molar-refractivity contribution in [2.24, 2.45) is 0 Å². The summed E-state index contributed by atoms with van der Waals surface area (Å²) >= 11 is 18.3. The van der Waals surface area contributed by atoms with Gasteiger partial charge in [-0.2, -0.15) is 0 Å². The molecule has 0 atom stereocenters. The highest BCUT2D eigenvalue weighted by molar-refractivity contribution is 6.37. The van der Waals surface area contributed by atoms with Gasteiger partial charge in [-0.15, -0.1) is 0 Å². The summed E-state index contributed by atoms with van der Waals surface area (Å²) < 4.78 is 11.3. The molecule has 0 aromatic heterocycles. The smallest absolute Gasteiger partial charge is 0.333 e. The molecular weight excluding hydrogens is 571 g/mol. The quantitative estimate of drug-likeness (QED) is 0.213. The molecule has 2 aliphatic rings. The average molecular weight is 604 g/mol.